The number of nitrogens with two attached hydrogens (primary N) is 2. The molecule has 2 heterocycles. The number of halogens is 3. The number of amides is 2. The van der Waals surface area contributed by atoms with Crippen molar-refractivity contribution < 1.29 is 32.2 Å². The van der Waals surface area contributed by atoms with Crippen molar-refractivity contribution in [2.24, 2.45) is 11.5 Å². The molecule has 0 aliphatic carbocycles. The summed E-state index contributed by atoms with van der Waals surface area (Å²) >= 11 is 0. The Morgan fingerprint density at radius 1 is 0.686 bits per heavy atom. The molecule has 13 heteroatoms. The third-order valence-corrected chi connectivity index (χ3v) is 8.98. The molecule has 4 aromatic rings. The molecule has 2 aliphatic heterocycles. The first kappa shape index (κ1) is 37.0. The highest BCUT2D eigenvalue weighted by molar-refractivity contribution is 5.95. The number of hydrogen-bond donors (Lipinski definition) is 3. The van der Waals surface area contributed by atoms with Crippen molar-refractivity contribution in [3.8, 4) is 22.6 Å². The lowest BCUT2D eigenvalue weighted by Crippen LogP contribution is -2.46. The predicted octanol–water partition coefficient (Wildman–Crippen LogP) is 5.01. The summed E-state index contributed by atoms with van der Waals surface area (Å²) in [5.74, 6) is 0.582. The number of anilines is 2. The van der Waals surface area contributed by atoms with E-state index in [0.717, 1.165) is 105 Å². The van der Waals surface area contributed by atoms with Crippen LogP contribution in [0.25, 0.3) is 11.1 Å². The zero-order chi connectivity index (χ0) is 36.5. The van der Waals surface area contributed by atoms with Crippen molar-refractivity contribution in [2.75, 3.05) is 76.4 Å². The van der Waals surface area contributed by atoms with Gasteiger partial charge in [0.15, 0.2) is 0 Å². The fourth-order valence-electron chi connectivity index (χ4n) is 6.19. The van der Waals surface area contributed by atoms with Gasteiger partial charge in [-0.05, 0) is 71.3 Å². The standard InChI is InChI=1S/C26H26F3N3O2.C12H17N3O2/c1-34-24-10-7-21(25(30)33)16-23(24)32-13-11-31(12-14-32)17-18-3-2-4-20(15-18)19-5-8-22(9-6-19)26(27,28)29;1-17-11-3-2-9(12(13)16)8-10(11)15-6-4-14-5-7-15/h2-10,15-16H,11-14,17H2,1H3,(H2,30,33);2-3,8,14H,4-7H2,1H3,(H2,13,16). The Morgan fingerprint density at radius 3 is 1.71 bits per heavy atom. The first-order chi connectivity index (χ1) is 24.5. The lowest BCUT2D eigenvalue weighted by atomic mass is 10.0. The van der Waals surface area contributed by atoms with E-state index in [1.54, 1.807) is 50.6 Å². The summed E-state index contributed by atoms with van der Waals surface area (Å²) in [5, 5.41) is 3.29. The maximum Gasteiger partial charge on any atom is 0.416 e. The van der Waals surface area contributed by atoms with Gasteiger partial charge in [-0.1, -0.05) is 30.3 Å². The number of piperazine rings is 2. The van der Waals surface area contributed by atoms with Gasteiger partial charge in [-0.2, -0.15) is 13.2 Å². The monoisotopic (exact) mass is 704 g/mol. The molecule has 270 valence electrons. The fourth-order valence-corrected chi connectivity index (χ4v) is 6.19. The minimum absolute atomic E-state index is 0.413. The minimum atomic E-state index is -4.34. The highest BCUT2D eigenvalue weighted by Crippen LogP contribution is 2.33. The number of ether oxygens (including phenoxy) is 2. The second kappa shape index (κ2) is 16.6. The van der Waals surface area contributed by atoms with Gasteiger partial charge in [0.05, 0.1) is 31.2 Å². The van der Waals surface area contributed by atoms with Gasteiger partial charge < -0.3 is 36.1 Å². The van der Waals surface area contributed by atoms with Crippen LogP contribution in [0, 0.1) is 0 Å². The second-order valence-corrected chi connectivity index (χ2v) is 12.3. The molecule has 2 saturated heterocycles. The molecule has 4 aromatic carbocycles. The van der Waals surface area contributed by atoms with E-state index in [0.29, 0.717) is 16.9 Å². The minimum Gasteiger partial charge on any atom is -0.495 e. The second-order valence-electron chi connectivity index (χ2n) is 12.3. The van der Waals surface area contributed by atoms with Gasteiger partial charge in [-0.3, -0.25) is 14.5 Å². The highest BCUT2D eigenvalue weighted by atomic mass is 19.4. The Balaban J connectivity index is 0.000000248. The van der Waals surface area contributed by atoms with Crippen LogP contribution in [0.4, 0.5) is 24.5 Å². The van der Waals surface area contributed by atoms with Crippen molar-refractivity contribution in [1.82, 2.24) is 10.2 Å². The summed E-state index contributed by atoms with van der Waals surface area (Å²) in [5.41, 5.74) is 15.6. The Morgan fingerprint density at radius 2 is 1.22 bits per heavy atom. The average Bonchev–Trinajstić information content (AvgIpc) is 3.15. The van der Waals surface area contributed by atoms with Gasteiger partial charge in [-0.25, -0.2) is 0 Å². The summed E-state index contributed by atoms with van der Waals surface area (Å²) < 4.78 is 49.3. The van der Waals surface area contributed by atoms with Crippen molar-refractivity contribution in [3.05, 3.63) is 107 Å². The predicted molar refractivity (Wildman–Crippen MR) is 192 cm³/mol. The lowest BCUT2D eigenvalue weighted by Gasteiger charge is -2.36. The first-order valence-electron chi connectivity index (χ1n) is 16.6. The molecule has 6 rings (SSSR count). The number of alkyl halides is 3. The Bertz CT molecular complexity index is 1800. The number of rotatable bonds is 9. The van der Waals surface area contributed by atoms with Crippen LogP contribution in [-0.4, -0.2) is 83.3 Å². The molecule has 0 bridgehead atoms. The van der Waals surface area contributed by atoms with Crippen LogP contribution >= 0.6 is 0 Å². The Labute approximate surface area is 295 Å². The van der Waals surface area contributed by atoms with E-state index in [9.17, 15) is 22.8 Å². The molecule has 0 atom stereocenters. The van der Waals surface area contributed by atoms with E-state index in [2.05, 4.69) is 20.0 Å². The van der Waals surface area contributed by atoms with Crippen LogP contribution in [-0.2, 0) is 12.7 Å². The number of primary amides is 2. The van der Waals surface area contributed by atoms with Crippen LogP contribution in [0.15, 0.2) is 84.9 Å². The van der Waals surface area contributed by atoms with Crippen molar-refractivity contribution in [2.45, 2.75) is 12.7 Å². The van der Waals surface area contributed by atoms with Crippen LogP contribution in [0.3, 0.4) is 0 Å². The zero-order valence-electron chi connectivity index (χ0n) is 28.7. The van der Waals surface area contributed by atoms with E-state index in [4.69, 9.17) is 20.9 Å². The van der Waals surface area contributed by atoms with Crippen molar-refractivity contribution >= 4 is 23.2 Å². The molecular weight excluding hydrogens is 661 g/mol. The summed E-state index contributed by atoms with van der Waals surface area (Å²) in [6, 6.07) is 23.6. The molecule has 0 radical (unpaired) electrons. The number of methoxy groups -OCH3 is 2. The normalized spacial score (nSPS) is 15.1. The summed E-state index contributed by atoms with van der Waals surface area (Å²) in [6.45, 7) is 7.56. The molecular formula is C38H43F3N6O4. The van der Waals surface area contributed by atoms with E-state index in [1.165, 1.54) is 12.1 Å². The van der Waals surface area contributed by atoms with Gasteiger partial charge in [0.25, 0.3) is 0 Å². The molecule has 0 aromatic heterocycles. The van der Waals surface area contributed by atoms with E-state index in [1.807, 2.05) is 24.3 Å². The van der Waals surface area contributed by atoms with E-state index >= 15 is 0 Å². The maximum atomic E-state index is 12.8. The molecule has 0 spiro atoms. The Hall–Kier alpha value is -5.27. The smallest absolute Gasteiger partial charge is 0.416 e. The van der Waals surface area contributed by atoms with Crippen LogP contribution in [0.5, 0.6) is 11.5 Å². The number of nitrogens with one attached hydrogen (secondary N) is 1. The number of carbonyl (C=O) groups excluding carboxylic acids is 2. The topological polar surface area (TPSA) is 126 Å². The number of hydrogen-bond acceptors (Lipinski definition) is 8. The van der Waals surface area contributed by atoms with Crippen LogP contribution in [0.1, 0.15) is 31.8 Å². The van der Waals surface area contributed by atoms with E-state index in [-0.39, 0.29) is 0 Å². The highest BCUT2D eigenvalue weighted by Gasteiger charge is 2.30. The number of nitrogens with zero attached hydrogens (tertiary/aromatic N) is 3. The quantitative estimate of drug-likeness (QED) is 0.222. The van der Waals surface area contributed by atoms with Gasteiger partial charge in [0.2, 0.25) is 11.8 Å². The summed E-state index contributed by atoms with van der Waals surface area (Å²) in [4.78, 5) is 29.5. The molecule has 2 aliphatic rings. The van der Waals surface area contributed by atoms with Gasteiger partial charge in [0, 0.05) is 70.0 Å². The summed E-state index contributed by atoms with van der Waals surface area (Å²) in [7, 11) is 3.23. The molecule has 2 fully saturated rings. The van der Waals surface area contributed by atoms with Gasteiger partial charge in [-0.15, -0.1) is 0 Å². The largest absolute Gasteiger partial charge is 0.495 e. The average molecular weight is 705 g/mol. The molecule has 0 unspecified atom stereocenters. The molecule has 10 nitrogen and oxygen atoms in total. The first-order valence-corrected chi connectivity index (χ1v) is 16.6. The summed E-state index contributed by atoms with van der Waals surface area (Å²) in [6.07, 6.45) is -4.34. The fraction of sp³-hybridized carbons (Fsp3) is 0.316. The maximum absolute atomic E-state index is 12.8. The van der Waals surface area contributed by atoms with Crippen LogP contribution < -0.4 is 36.1 Å². The molecule has 2 amide bonds. The molecule has 51 heavy (non-hydrogen) atoms. The zero-order valence-corrected chi connectivity index (χ0v) is 28.7. The van der Waals surface area contributed by atoms with Crippen molar-refractivity contribution in [1.29, 1.82) is 0 Å². The van der Waals surface area contributed by atoms with Gasteiger partial charge >= 0.3 is 6.18 Å². The Kier molecular flexibility index (Phi) is 12.1. The van der Waals surface area contributed by atoms with Crippen molar-refractivity contribution in [3.63, 3.8) is 0 Å². The van der Waals surface area contributed by atoms with E-state index < -0.39 is 23.6 Å². The third kappa shape index (κ3) is 9.50. The van der Waals surface area contributed by atoms with Crippen LogP contribution in [0.2, 0.25) is 0 Å². The van der Waals surface area contributed by atoms with Gasteiger partial charge in [0.1, 0.15) is 11.5 Å². The third-order valence-electron chi connectivity index (χ3n) is 8.98. The lowest BCUT2D eigenvalue weighted by molar-refractivity contribution is -0.137. The number of carbonyl (C=O) groups is 2. The number of benzene rings is 4. The molecule has 0 saturated carbocycles. The molecule has 5 N–H and O–H groups in total. The SMILES string of the molecule is COc1ccc(C(N)=O)cc1N1CCN(Cc2cccc(-c3ccc(C(F)(F)F)cc3)c2)CC1.COc1ccc(C(N)=O)cc1N1CCNCC1.